The molecule has 1 aliphatic carbocycles. The summed E-state index contributed by atoms with van der Waals surface area (Å²) in [5.74, 6) is -1.92. The lowest BCUT2D eigenvalue weighted by molar-refractivity contribution is 0.0927. The number of hydrogen-bond acceptors (Lipinski definition) is 4. The van der Waals surface area contributed by atoms with Crippen molar-refractivity contribution < 1.29 is 19.8 Å². The van der Waals surface area contributed by atoms with Crippen molar-refractivity contribution in [3.8, 4) is 5.75 Å². The predicted molar refractivity (Wildman–Crippen MR) is 52.1 cm³/mol. The van der Waals surface area contributed by atoms with E-state index < -0.39 is 17.3 Å². The van der Waals surface area contributed by atoms with Gasteiger partial charge in [0.05, 0.1) is 5.56 Å². The zero-order valence-corrected chi connectivity index (χ0v) is 7.94. The maximum Gasteiger partial charge on any atom is 0.228 e. The van der Waals surface area contributed by atoms with Crippen LogP contribution < -0.4 is 0 Å². The Kier molecular flexibility index (Phi) is 1.86. The van der Waals surface area contributed by atoms with Crippen LogP contribution in [0.5, 0.6) is 5.75 Å². The molecule has 0 unspecified atom stereocenters. The number of phenols is 1. The third-order valence-electron chi connectivity index (χ3n) is 2.43. The van der Waals surface area contributed by atoms with E-state index in [0.29, 0.717) is 0 Å². The van der Waals surface area contributed by atoms with Crippen molar-refractivity contribution in [2.24, 2.45) is 0 Å². The number of rotatable bonds is 0. The standard InChI is InChI=1S/C11H8O4/c1-5-9(13)8-6(11(15)10(5)14)3-2-4-7(8)12/h2-4,12,14H,1H3. The molecule has 0 fully saturated rings. The van der Waals surface area contributed by atoms with Gasteiger partial charge in [0.2, 0.25) is 5.78 Å². The maximum absolute atomic E-state index is 11.7. The van der Waals surface area contributed by atoms with Crippen molar-refractivity contribution >= 4 is 11.6 Å². The molecule has 1 aromatic rings. The van der Waals surface area contributed by atoms with E-state index >= 15 is 0 Å². The number of fused-ring (bicyclic) bond motifs is 1. The highest BCUT2D eigenvalue weighted by Crippen LogP contribution is 2.30. The van der Waals surface area contributed by atoms with Crippen LogP contribution in [0.15, 0.2) is 29.5 Å². The van der Waals surface area contributed by atoms with E-state index in [9.17, 15) is 19.8 Å². The van der Waals surface area contributed by atoms with Gasteiger partial charge in [-0.2, -0.15) is 0 Å². The summed E-state index contributed by atoms with van der Waals surface area (Å²) in [5.41, 5.74) is -0.0186. The van der Waals surface area contributed by atoms with Crippen molar-refractivity contribution in [1.82, 2.24) is 0 Å². The minimum Gasteiger partial charge on any atom is -0.507 e. The number of carbonyl (C=O) groups is 2. The quantitative estimate of drug-likeness (QED) is 0.673. The third-order valence-corrected chi connectivity index (χ3v) is 2.43. The van der Waals surface area contributed by atoms with Gasteiger partial charge in [-0.05, 0) is 19.1 Å². The van der Waals surface area contributed by atoms with Gasteiger partial charge in [-0.3, -0.25) is 9.59 Å². The van der Waals surface area contributed by atoms with Crippen LogP contribution in [0.2, 0.25) is 0 Å². The second-order valence-electron chi connectivity index (χ2n) is 3.33. The highest BCUT2D eigenvalue weighted by atomic mass is 16.3. The van der Waals surface area contributed by atoms with Crippen molar-refractivity contribution in [1.29, 1.82) is 0 Å². The lowest BCUT2D eigenvalue weighted by Gasteiger charge is -2.15. The molecule has 1 aromatic carbocycles. The van der Waals surface area contributed by atoms with Gasteiger partial charge in [0.1, 0.15) is 5.75 Å². The SMILES string of the molecule is CC1=C(O)C(=O)c2cccc(O)c2C1=O. The topological polar surface area (TPSA) is 74.6 Å². The molecule has 1 aliphatic rings. The third kappa shape index (κ3) is 1.15. The molecule has 15 heavy (non-hydrogen) atoms. The van der Waals surface area contributed by atoms with E-state index in [1.54, 1.807) is 0 Å². The van der Waals surface area contributed by atoms with Gasteiger partial charge in [-0.25, -0.2) is 0 Å². The number of aliphatic hydroxyl groups excluding tert-OH is 1. The monoisotopic (exact) mass is 204 g/mol. The summed E-state index contributed by atoms with van der Waals surface area (Å²) in [4.78, 5) is 23.2. The van der Waals surface area contributed by atoms with Crippen LogP contribution in [0.3, 0.4) is 0 Å². The molecule has 4 nitrogen and oxygen atoms in total. The molecule has 76 valence electrons. The second kappa shape index (κ2) is 2.95. The van der Waals surface area contributed by atoms with Gasteiger partial charge in [-0.15, -0.1) is 0 Å². The minimum absolute atomic E-state index is 0.0298. The number of aromatic hydroxyl groups is 1. The Morgan fingerprint density at radius 2 is 1.73 bits per heavy atom. The zero-order chi connectivity index (χ0) is 11.2. The number of phenolic OH excluding ortho intramolecular Hbond substituents is 1. The molecule has 0 spiro atoms. The van der Waals surface area contributed by atoms with E-state index in [4.69, 9.17) is 0 Å². The summed E-state index contributed by atoms with van der Waals surface area (Å²) in [6.45, 7) is 1.35. The van der Waals surface area contributed by atoms with Crippen LogP contribution in [-0.2, 0) is 0 Å². The van der Waals surface area contributed by atoms with Gasteiger partial charge in [0.15, 0.2) is 11.5 Å². The van der Waals surface area contributed by atoms with E-state index in [1.165, 1.54) is 25.1 Å². The van der Waals surface area contributed by atoms with Gasteiger partial charge in [-0.1, -0.05) is 6.07 Å². The molecule has 0 saturated heterocycles. The Labute approximate surface area is 85.5 Å². The normalized spacial score (nSPS) is 15.5. The molecule has 4 heteroatoms. The molecule has 0 amide bonds. The van der Waals surface area contributed by atoms with Crippen LogP contribution in [0.1, 0.15) is 27.6 Å². The van der Waals surface area contributed by atoms with Crippen LogP contribution >= 0.6 is 0 Å². The summed E-state index contributed by atoms with van der Waals surface area (Å²) in [7, 11) is 0. The summed E-state index contributed by atoms with van der Waals surface area (Å²) >= 11 is 0. The van der Waals surface area contributed by atoms with Crippen LogP contribution in [0.25, 0.3) is 0 Å². The van der Waals surface area contributed by atoms with Gasteiger partial charge >= 0.3 is 0 Å². The smallest absolute Gasteiger partial charge is 0.228 e. The first-order chi connectivity index (χ1) is 7.04. The number of benzene rings is 1. The van der Waals surface area contributed by atoms with Crippen molar-refractivity contribution in [3.05, 3.63) is 40.7 Å². The van der Waals surface area contributed by atoms with Crippen LogP contribution in [-0.4, -0.2) is 21.8 Å². The highest BCUT2D eigenvalue weighted by Gasteiger charge is 2.31. The van der Waals surface area contributed by atoms with Crippen molar-refractivity contribution in [2.45, 2.75) is 6.92 Å². The lowest BCUT2D eigenvalue weighted by Crippen LogP contribution is -2.20. The Balaban J connectivity index is 2.79. The van der Waals surface area contributed by atoms with Crippen molar-refractivity contribution in [2.75, 3.05) is 0 Å². The molecule has 2 N–H and O–H groups in total. The summed E-state index contributed by atoms with van der Waals surface area (Å²) in [5, 5.41) is 18.9. The molecule has 0 saturated carbocycles. The number of allylic oxidation sites excluding steroid dienone is 2. The number of ketones is 2. The van der Waals surface area contributed by atoms with E-state index in [2.05, 4.69) is 0 Å². The maximum atomic E-state index is 11.7. The minimum atomic E-state index is -0.627. The van der Waals surface area contributed by atoms with Crippen molar-refractivity contribution in [3.63, 3.8) is 0 Å². The Bertz CT molecular complexity index is 511. The Morgan fingerprint density at radius 3 is 2.40 bits per heavy atom. The number of hydrogen-bond donors (Lipinski definition) is 2. The number of carbonyl (C=O) groups excluding carboxylic acids is 2. The van der Waals surface area contributed by atoms with Gasteiger partial charge < -0.3 is 10.2 Å². The summed E-state index contributed by atoms with van der Waals surface area (Å²) in [6, 6.07) is 4.19. The summed E-state index contributed by atoms with van der Waals surface area (Å²) in [6.07, 6.45) is 0. The average Bonchev–Trinajstić information content (AvgIpc) is 2.23. The Hall–Kier alpha value is -2.10. The fourth-order valence-electron chi connectivity index (χ4n) is 1.56. The van der Waals surface area contributed by atoms with Gasteiger partial charge in [0, 0.05) is 11.1 Å². The highest BCUT2D eigenvalue weighted by molar-refractivity contribution is 6.26. The lowest BCUT2D eigenvalue weighted by atomic mass is 9.88. The molecular formula is C11H8O4. The molecule has 0 bridgehead atoms. The van der Waals surface area contributed by atoms with E-state index in [-0.39, 0.29) is 22.4 Å². The molecule has 0 aliphatic heterocycles. The molecular weight excluding hydrogens is 196 g/mol. The molecule has 0 heterocycles. The second-order valence-corrected chi connectivity index (χ2v) is 3.33. The fraction of sp³-hybridized carbons (Fsp3) is 0.0909. The molecule has 0 radical (unpaired) electrons. The summed E-state index contributed by atoms with van der Waals surface area (Å²) < 4.78 is 0. The zero-order valence-electron chi connectivity index (χ0n) is 7.94. The van der Waals surface area contributed by atoms with Gasteiger partial charge in [0.25, 0.3) is 0 Å². The average molecular weight is 204 g/mol. The number of aliphatic hydroxyl groups is 1. The van der Waals surface area contributed by atoms with E-state index in [1.807, 2.05) is 0 Å². The molecule has 2 rings (SSSR count). The van der Waals surface area contributed by atoms with E-state index in [0.717, 1.165) is 0 Å². The van der Waals surface area contributed by atoms with Crippen LogP contribution in [0, 0.1) is 0 Å². The first-order valence-electron chi connectivity index (χ1n) is 4.35. The molecule has 0 atom stereocenters. The fourth-order valence-corrected chi connectivity index (χ4v) is 1.56. The Morgan fingerprint density at radius 1 is 1.07 bits per heavy atom. The van der Waals surface area contributed by atoms with Crippen LogP contribution in [0.4, 0.5) is 0 Å². The first kappa shape index (κ1) is 9.45. The molecule has 0 aromatic heterocycles. The first-order valence-corrected chi connectivity index (χ1v) is 4.35. The predicted octanol–water partition coefficient (Wildman–Crippen LogP) is 1.60. The largest absolute Gasteiger partial charge is 0.507 e. The number of Topliss-reactive ketones (excluding diaryl/α,β-unsaturated/α-hetero) is 2.